The van der Waals surface area contributed by atoms with Crippen molar-refractivity contribution in [2.45, 2.75) is 59.3 Å². The SMILES string of the molecule is CC(C)(C)C1CCC2(CCCNC2)CC1. The summed E-state index contributed by atoms with van der Waals surface area (Å²) in [6.07, 6.45) is 8.76. The van der Waals surface area contributed by atoms with E-state index >= 15 is 0 Å². The molecule has 0 bridgehead atoms. The van der Waals surface area contributed by atoms with Crippen LogP contribution in [-0.4, -0.2) is 13.1 Å². The van der Waals surface area contributed by atoms with Crippen molar-refractivity contribution in [2.75, 3.05) is 13.1 Å². The lowest BCUT2D eigenvalue weighted by atomic mass is 9.62. The van der Waals surface area contributed by atoms with Gasteiger partial charge < -0.3 is 5.32 Å². The Morgan fingerprint density at radius 2 is 1.73 bits per heavy atom. The van der Waals surface area contributed by atoms with Crippen LogP contribution in [0, 0.1) is 16.7 Å². The highest BCUT2D eigenvalue weighted by Crippen LogP contribution is 2.47. The van der Waals surface area contributed by atoms with Crippen molar-refractivity contribution in [3.8, 4) is 0 Å². The van der Waals surface area contributed by atoms with Crippen molar-refractivity contribution >= 4 is 0 Å². The lowest BCUT2D eigenvalue weighted by molar-refractivity contribution is 0.0673. The van der Waals surface area contributed by atoms with Gasteiger partial charge in [0, 0.05) is 6.54 Å². The minimum atomic E-state index is 0.531. The number of nitrogens with one attached hydrogen (secondary N) is 1. The van der Waals surface area contributed by atoms with Gasteiger partial charge >= 0.3 is 0 Å². The van der Waals surface area contributed by atoms with E-state index in [1.54, 1.807) is 0 Å². The number of piperidine rings is 1. The molecule has 1 heteroatoms. The molecule has 1 spiro atoms. The molecular formula is C14H27N. The van der Waals surface area contributed by atoms with Gasteiger partial charge in [-0.2, -0.15) is 0 Å². The van der Waals surface area contributed by atoms with Crippen molar-refractivity contribution in [3.63, 3.8) is 0 Å². The van der Waals surface area contributed by atoms with Crippen LogP contribution >= 0.6 is 0 Å². The van der Waals surface area contributed by atoms with Crippen LogP contribution in [0.5, 0.6) is 0 Å². The van der Waals surface area contributed by atoms with E-state index in [1.165, 1.54) is 51.6 Å². The third-order valence-corrected chi connectivity index (χ3v) is 4.83. The molecule has 0 aromatic carbocycles. The lowest BCUT2D eigenvalue weighted by Gasteiger charge is -2.46. The highest BCUT2D eigenvalue weighted by atomic mass is 14.9. The zero-order chi connectivity index (χ0) is 10.9. The zero-order valence-corrected chi connectivity index (χ0v) is 10.7. The van der Waals surface area contributed by atoms with E-state index in [0.29, 0.717) is 10.8 Å². The van der Waals surface area contributed by atoms with Crippen molar-refractivity contribution in [3.05, 3.63) is 0 Å². The minimum absolute atomic E-state index is 0.531. The Kier molecular flexibility index (Phi) is 3.12. The first kappa shape index (κ1) is 11.4. The Morgan fingerprint density at radius 3 is 2.20 bits per heavy atom. The van der Waals surface area contributed by atoms with Gasteiger partial charge in [0.2, 0.25) is 0 Å². The summed E-state index contributed by atoms with van der Waals surface area (Å²) in [4.78, 5) is 0. The minimum Gasteiger partial charge on any atom is -0.316 e. The van der Waals surface area contributed by atoms with Gasteiger partial charge in [0.1, 0.15) is 0 Å². The summed E-state index contributed by atoms with van der Waals surface area (Å²) in [6.45, 7) is 9.78. The molecular weight excluding hydrogens is 182 g/mol. The van der Waals surface area contributed by atoms with E-state index in [9.17, 15) is 0 Å². The van der Waals surface area contributed by atoms with Crippen molar-refractivity contribution in [1.82, 2.24) is 5.32 Å². The maximum Gasteiger partial charge on any atom is 0.000782 e. The zero-order valence-electron chi connectivity index (χ0n) is 10.7. The average Bonchev–Trinajstić information content (AvgIpc) is 2.18. The number of hydrogen-bond donors (Lipinski definition) is 1. The second-order valence-corrected chi connectivity index (χ2v) is 6.92. The molecule has 0 aromatic rings. The number of hydrogen-bond acceptors (Lipinski definition) is 1. The Balaban J connectivity index is 1.91. The van der Waals surface area contributed by atoms with Crippen LogP contribution in [0.4, 0.5) is 0 Å². The summed E-state index contributed by atoms with van der Waals surface area (Å²) in [6, 6.07) is 0. The summed E-state index contributed by atoms with van der Waals surface area (Å²) in [5.74, 6) is 0.963. The molecule has 0 radical (unpaired) electrons. The van der Waals surface area contributed by atoms with Crippen LogP contribution in [0.15, 0.2) is 0 Å². The summed E-state index contributed by atoms with van der Waals surface area (Å²) in [7, 11) is 0. The monoisotopic (exact) mass is 209 g/mol. The third-order valence-electron chi connectivity index (χ3n) is 4.83. The topological polar surface area (TPSA) is 12.0 Å². The average molecular weight is 209 g/mol. The Labute approximate surface area is 95.0 Å². The first-order chi connectivity index (χ1) is 7.02. The molecule has 88 valence electrons. The van der Waals surface area contributed by atoms with Crippen LogP contribution < -0.4 is 5.32 Å². The lowest BCUT2D eigenvalue weighted by Crippen LogP contribution is -2.43. The van der Waals surface area contributed by atoms with Gasteiger partial charge in [-0.15, -0.1) is 0 Å². The molecule has 1 saturated heterocycles. The molecule has 15 heavy (non-hydrogen) atoms. The first-order valence-corrected chi connectivity index (χ1v) is 6.73. The maximum atomic E-state index is 3.60. The van der Waals surface area contributed by atoms with E-state index in [2.05, 4.69) is 26.1 Å². The van der Waals surface area contributed by atoms with Crippen LogP contribution in [-0.2, 0) is 0 Å². The van der Waals surface area contributed by atoms with Crippen LogP contribution in [0.25, 0.3) is 0 Å². The predicted molar refractivity (Wildman–Crippen MR) is 65.9 cm³/mol. The highest BCUT2D eigenvalue weighted by Gasteiger charge is 2.39. The standard InChI is InChI=1S/C14H27N/c1-13(2,3)12-5-8-14(9-6-12)7-4-10-15-11-14/h12,15H,4-11H2,1-3H3. The Bertz CT molecular complexity index is 198. The van der Waals surface area contributed by atoms with Gasteiger partial charge in [-0.3, -0.25) is 0 Å². The summed E-state index contributed by atoms with van der Waals surface area (Å²) in [5.41, 5.74) is 1.23. The molecule has 0 unspecified atom stereocenters. The molecule has 1 heterocycles. The fourth-order valence-corrected chi connectivity index (χ4v) is 3.55. The van der Waals surface area contributed by atoms with Gasteiger partial charge in [0.15, 0.2) is 0 Å². The van der Waals surface area contributed by atoms with Crippen LogP contribution in [0.1, 0.15) is 59.3 Å². The van der Waals surface area contributed by atoms with E-state index in [1.807, 2.05) is 0 Å². The molecule has 0 atom stereocenters. The molecule has 1 nitrogen and oxygen atoms in total. The Morgan fingerprint density at radius 1 is 1.07 bits per heavy atom. The molecule has 1 aliphatic carbocycles. The molecule has 1 N–H and O–H groups in total. The van der Waals surface area contributed by atoms with E-state index in [4.69, 9.17) is 0 Å². The molecule has 2 aliphatic rings. The van der Waals surface area contributed by atoms with E-state index in [0.717, 1.165) is 5.92 Å². The van der Waals surface area contributed by atoms with Gasteiger partial charge in [0.05, 0.1) is 0 Å². The highest BCUT2D eigenvalue weighted by molar-refractivity contribution is 4.92. The molecule has 0 amide bonds. The van der Waals surface area contributed by atoms with Crippen LogP contribution in [0.2, 0.25) is 0 Å². The number of rotatable bonds is 0. The predicted octanol–water partition coefficient (Wildman–Crippen LogP) is 3.59. The molecule has 1 saturated carbocycles. The Hall–Kier alpha value is -0.0400. The third kappa shape index (κ3) is 2.55. The molecule has 1 aliphatic heterocycles. The molecule has 2 fully saturated rings. The summed E-state index contributed by atoms with van der Waals surface area (Å²) >= 11 is 0. The smallest absolute Gasteiger partial charge is 0.000782 e. The normalized spacial score (nSPS) is 38.2. The summed E-state index contributed by atoms with van der Waals surface area (Å²) < 4.78 is 0. The quantitative estimate of drug-likeness (QED) is 0.643. The van der Waals surface area contributed by atoms with Gasteiger partial charge in [-0.1, -0.05) is 20.8 Å². The second kappa shape index (κ2) is 4.08. The maximum absolute atomic E-state index is 3.60. The summed E-state index contributed by atoms with van der Waals surface area (Å²) in [5, 5.41) is 3.60. The first-order valence-electron chi connectivity index (χ1n) is 6.73. The van der Waals surface area contributed by atoms with Gasteiger partial charge in [0.25, 0.3) is 0 Å². The fourth-order valence-electron chi connectivity index (χ4n) is 3.55. The second-order valence-electron chi connectivity index (χ2n) is 6.92. The van der Waals surface area contributed by atoms with Gasteiger partial charge in [-0.25, -0.2) is 0 Å². The van der Waals surface area contributed by atoms with Gasteiger partial charge in [-0.05, 0) is 61.8 Å². The van der Waals surface area contributed by atoms with Crippen molar-refractivity contribution in [1.29, 1.82) is 0 Å². The van der Waals surface area contributed by atoms with Crippen LogP contribution in [0.3, 0.4) is 0 Å². The van der Waals surface area contributed by atoms with E-state index < -0.39 is 0 Å². The van der Waals surface area contributed by atoms with E-state index in [-0.39, 0.29) is 0 Å². The molecule has 0 aromatic heterocycles. The van der Waals surface area contributed by atoms with Crippen molar-refractivity contribution in [2.24, 2.45) is 16.7 Å². The van der Waals surface area contributed by atoms with Crippen molar-refractivity contribution < 1.29 is 0 Å². The largest absolute Gasteiger partial charge is 0.316 e. The molecule has 2 rings (SSSR count). The fraction of sp³-hybridized carbons (Fsp3) is 1.00.